The predicted octanol–water partition coefficient (Wildman–Crippen LogP) is 5.19. The third-order valence-electron chi connectivity index (χ3n) is 4.46. The van der Waals surface area contributed by atoms with Crippen LogP contribution in [0.4, 0.5) is 5.13 Å². The molecule has 0 atom stereocenters. The minimum atomic E-state index is -0.0750. The molecule has 0 saturated carbocycles. The number of rotatable bonds is 10. The maximum absolute atomic E-state index is 12.3. The Morgan fingerprint density at radius 3 is 2.53 bits per heavy atom. The predicted molar refractivity (Wildman–Crippen MR) is 120 cm³/mol. The fraction of sp³-hybridized carbons (Fsp3) is 0.304. The molecule has 1 N–H and O–H groups in total. The van der Waals surface area contributed by atoms with Gasteiger partial charge in [-0.05, 0) is 54.8 Å². The van der Waals surface area contributed by atoms with Gasteiger partial charge in [0.15, 0.2) is 16.6 Å². The number of carbonyl (C=O) groups excluding carboxylic acids is 1. The molecule has 1 heterocycles. The summed E-state index contributed by atoms with van der Waals surface area (Å²) in [5.41, 5.74) is 2.83. The zero-order valence-corrected chi connectivity index (χ0v) is 18.3. The quantitative estimate of drug-likeness (QED) is 0.483. The molecule has 0 aliphatic carbocycles. The Balaban J connectivity index is 1.54. The molecule has 1 amide bonds. The van der Waals surface area contributed by atoms with Gasteiger partial charge in [-0.25, -0.2) is 4.98 Å². The highest BCUT2D eigenvalue weighted by atomic mass is 32.1. The van der Waals surface area contributed by atoms with Crippen LogP contribution in [0.1, 0.15) is 25.3 Å². The summed E-state index contributed by atoms with van der Waals surface area (Å²) in [5.74, 6) is 2.10. The summed E-state index contributed by atoms with van der Waals surface area (Å²) >= 11 is 1.41. The lowest BCUT2D eigenvalue weighted by Gasteiger charge is -2.09. The number of benzene rings is 2. The Bertz CT molecular complexity index is 970. The second-order valence-corrected chi connectivity index (χ2v) is 7.51. The molecule has 7 heteroatoms. The normalized spacial score (nSPS) is 10.5. The van der Waals surface area contributed by atoms with Gasteiger partial charge in [0.05, 0.1) is 26.5 Å². The van der Waals surface area contributed by atoms with E-state index in [0.717, 1.165) is 29.0 Å². The number of nitrogens with one attached hydrogen (secondary N) is 1. The Morgan fingerprint density at radius 2 is 1.83 bits per heavy atom. The maximum atomic E-state index is 12.3. The average molecular weight is 427 g/mol. The van der Waals surface area contributed by atoms with Crippen molar-refractivity contribution >= 4 is 22.4 Å². The van der Waals surface area contributed by atoms with Gasteiger partial charge in [-0.3, -0.25) is 4.79 Å². The Hall–Kier alpha value is -3.06. The van der Waals surface area contributed by atoms with Crippen molar-refractivity contribution in [1.82, 2.24) is 4.98 Å². The van der Waals surface area contributed by atoms with E-state index < -0.39 is 0 Å². The van der Waals surface area contributed by atoms with Crippen molar-refractivity contribution in [3.63, 3.8) is 0 Å². The van der Waals surface area contributed by atoms with E-state index in [1.807, 2.05) is 47.8 Å². The molecule has 0 unspecified atom stereocenters. The number of nitrogens with zero attached hydrogens (tertiary/aromatic N) is 1. The van der Waals surface area contributed by atoms with Crippen LogP contribution < -0.4 is 19.5 Å². The number of amides is 1. The zero-order chi connectivity index (χ0) is 21.3. The number of hydrogen-bond donors (Lipinski definition) is 1. The lowest BCUT2D eigenvalue weighted by molar-refractivity contribution is -0.116. The molecular formula is C23H26N2O4S. The van der Waals surface area contributed by atoms with Crippen molar-refractivity contribution in [2.75, 3.05) is 26.1 Å². The molecule has 0 radical (unpaired) electrons. The standard InChI is InChI=1S/C23H26N2O4S/c1-4-13-29-18-9-7-17(8-10-18)19-15-30-23(24-19)25-22(26)12-6-16-5-11-20(27-2)21(14-16)28-3/h5,7-11,14-15H,4,6,12-13H2,1-3H3,(H,24,25,26). The minimum Gasteiger partial charge on any atom is -0.494 e. The number of anilines is 1. The van der Waals surface area contributed by atoms with Crippen LogP contribution in [0.15, 0.2) is 47.8 Å². The van der Waals surface area contributed by atoms with Crippen molar-refractivity contribution in [2.45, 2.75) is 26.2 Å². The molecule has 0 spiro atoms. The van der Waals surface area contributed by atoms with Gasteiger partial charge in [-0.15, -0.1) is 11.3 Å². The number of methoxy groups -OCH3 is 2. The highest BCUT2D eigenvalue weighted by molar-refractivity contribution is 7.14. The summed E-state index contributed by atoms with van der Waals surface area (Å²) in [6, 6.07) is 13.5. The van der Waals surface area contributed by atoms with Crippen LogP contribution >= 0.6 is 11.3 Å². The van der Waals surface area contributed by atoms with E-state index >= 15 is 0 Å². The van der Waals surface area contributed by atoms with Crippen molar-refractivity contribution in [1.29, 1.82) is 0 Å². The van der Waals surface area contributed by atoms with Gasteiger partial charge >= 0.3 is 0 Å². The molecule has 0 aliphatic heterocycles. The molecule has 3 rings (SSSR count). The van der Waals surface area contributed by atoms with Gasteiger partial charge in [0.2, 0.25) is 5.91 Å². The number of thiazole rings is 1. The molecule has 0 bridgehead atoms. The second-order valence-electron chi connectivity index (χ2n) is 6.65. The smallest absolute Gasteiger partial charge is 0.226 e. The van der Waals surface area contributed by atoms with Crippen LogP contribution in [-0.2, 0) is 11.2 Å². The maximum Gasteiger partial charge on any atom is 0.226 e. The largest absolute Gasteiger partial charge is 0.494 e. The van der Waals surface area contributed by atoms with Gasteiger partial charge in [0.25, 0.3) is 0 Å². The van der Waals surface area contributed by atoms with Crippen molar-refractivity contribution in [3.8, 4) is 28.5 Å². The molecule has 3 aromatic rings. The minimum absolute atomic E-state index is 0.0750. The monoisotopic (exact) mass is 426 g/mol. The molecule has 0 aliphatic rings. The number of aryl methyl sites for hydroxylation is 1. The van der Waals surface area contributed by atoms with E-state index in [0.29, 0.717) is 36.1 Å². The summed E-state index contributed by atoms with van der Waals surface area (Å²) in [6.07, 6.45) is 1.93. The molecule has 0 saturated heterocycles. The van der Waals surface area contributed by atoms with Crippen LogP contribution in [-0.4, -0.2) is 31.7 Å². The van der Waals surface area contributed by atoms with Crippen molar-refractivity contribution in [2.24, 2.45) is 0 Å². The highest BCUT2D eigenvalue weighted by Crippen LogP contribution is 2.29. The van der Waals surface area contributed by atoms with E-state index in [1.165, 1.54) is 11.3 Å². The Morgan fingerprint density at radius 1 is 1.07 bits per heavy atom. The summed E-state index contributed by atoms with van der Waals surface area (Å²) in [7, 11) is 3.20. The number of hydrogen-bond acceptors (Lipinski definition) is 6. The number of carbonyl (C=O) groups is 1. The summed E-state index contributed by atoms with van der Waals surface area (Å²) in [6.45, 7) is 2.78. The summed E-state index contributed by atoms with van der Waals surface area (Å²) in [4.78, 5) is 16.9. The highest BCUT2D eigenvalue weighted by Gasteiger charge is 2.10. The number of ether oxygens (including phenoxy) is 3. The molecule has 2 aromatic carbocycles. The fourth-order valence-corrected chi connectivity index (χ4v) is 3.62. The van der Waals surface area contributed by atoms with Crippen molar-refractivity contribution < 1.29 is 19.0 Å². The summed E-state index contributed by atoms with van der Waals surface area (Å²) in [5, 5.41) is 5.41. The molecule has 30 heavy (non-hydrogen) atoms. The fourth-order valence-electron chi connectivity index (χ4n) is 2.88. The topological polar surface area (TPSA) is 69.7 Å². The SMILES string of the molecule is CCCOc1ccc(-c2csc(NC(=O)CCc3ccc(OC)c(OC)c3)n2)cc1. The van der Waals surface area contributed by atoms with E-state index in [4.69, 9.17) is 14.2 Å². The first kappa shape index (κ1) is 21.6. The second kappa shape index (κ2) is 10.6. The molecule has 0 fully saturated rings. The lowest BCUT2D eigenvalue weighted by Crippen LogP contribution is -2.12. The lowest BCUT2D eigenvalue weighted by atomic mass is 10.1. The van der Waals surface area contributed by atoms with E-state index in [-0.39, 0.29) is 5.91 Å². The van der Waals surface area contributed by atoms with Gasteiger partial charge in [0.1, 0.15) is 5.75 Å². The van der Waals surface area contributed by atoms with Crippen LogP contribution in [0, 0.1) is 0 Å². The first-order valence-electron chi connectivity index (χ1n) is 9.82. The average Bonchev–Trinajstić information content (AvgIpc) is 3.24. The van der Waals surface area contributed by atoms with Gasteiger partial charge in [-0.1, -0.05) is 13.0 Å². The molecule has 158 valence electrons. The molecule has 6 nitrogen and oxygen atoms in total. The summed E-state index contributed by atoms with van der Waals surface area (Å²) < 4.78 is 16.2. The Kier molecular flexibility index (Phi) is 7.68. The Labute approximate surface area is 180 Å². The number of aromatic nitrogens is 1. The van der Waals surface area contributed by atoms with E-state index in [1.54, 1.807) is 14.2 Å². The van der Waals surface area contributed by atoms with Crippen LogP contribution in [0.3, 0.4) is 0 Å². The first-order valence-corrected chi connectivity index (χ1v) is 10.7. The third-order valence-corrected chi connectivity index (χ3v) is 5.22. The van der Waals surface area contributed by atoms with Crippen molar-refractivity contribution in [3.05, 3.63) is 53.4 Å². The van der Waals surface area contributed by atoms with Gasteiger partial charge in [-0.2, -0.15) is 0 Å². The zero-order valence-electron chi connectivity index (χ0n) is 17.4. The van der Waals surface area contributed by atoms with Gasteiger partial charge in [0, 0.05) is 17.4 Å². The first-order chi connectivity index (χ1) is 14.6. The molecule has 1 aromatic heterocycles. The van der Waals surface area contributed by atoms with Gasteiger partial charge < -0.3 is 19.5 Å². The van der Waals surface area contributed by atoms with Crippen LogP contribution in [0.2, 0.25) is 0 Å². The molecular weight excluding hydrogens is 400 g/mol. The van der Waals surface area contributed by atoms with E-state index in [9.17, 15) is 4.79 Å². The van der Waals surface area contributed by atoms with Crippen LogP contribution in [0.5, 0.6) is 17.2 Å². The van der Waals surface area contributed by atoms with Crippen LogP contribution in [0.25, 0.3) is 11.3 Å². The third kappa shape index (κ3) is 5.73. The van der Waals surface area contributed by atoms with E-state index in [2.05, 4.69) is 17.2 Å².